The predicted molar refractivity (Wildman–Crippen MR) is 105 cm³/mol. The van der Waals surface area contributed by atoms with Crippen LogP contribution >= 0.6 is 0 Å². The summed E-state index contributed by atoms with van der Waals surface area (Å²) in [5, 5.41) is 3.35. The van der Waals surface area contributed by atoms with Crippen LogP contribution in [0.1, 0.15) is 12.0 Å². The van der Waals surface area contributed by atoms with Gasteiger partial charge in [0.15, 0.2) is 11.5 Å². The lowest BCUT2D eigenvalue weighted by Crippen LogP contribution is -2.22. The molecular weight excluding hydrogens is 342 g/mol. The lowest BCUT2D eigenvalue weighted by Gasteiger charge is -2.15. The maximum atomic E-state index is 12.7. The molecule has 138 valence electrons. The van der Waals surface area contributed by atoms with E-state index in [0.717, 1.165) is 30.6 Å². The number of nitrogens with one attached hydrogen (secondary N) is 1. The molecule has 0 saturated carbocycles. The Bertz CT molecular complexity index is 1090. The highest BCUT2D eigenvalue weighted by molar-refractivity contribution is 5.69. The molecule has 6 heteroatoms. The number of benzene rings is 1. The minimum atomic E-state index is -0.115. The normalized spacial score (nSPS) is 14.1. The second kappa shape index (κ2) is 7.25. The molecule has 0 unspecified atom stereocenters. The highest BCUT2D eigenvalue weighted by atomic mass is 16.5. The first-order valence-corrected chi connectivity index (χ1v) is 8.85. The Morgan fingerprint density at radius 3 is 2.59 bits per heavy atom. The van der Waals surface area contributed by atoms with Gasteiger partial charge in [0.1, 0.15) is 5.65 Å². The van der Waals surface area contributed by atoms with E-state index in [0.29, 0.717) is 22.8 Å². The molecule has 3 aromatic rings. The molecule has 0 saturated heterocycles. The number of aromatic nitrogens is 2. The van der Waals surface area contributed by atoms with E-state index in [9.17, 15) is 4.79 Å². The van der Waals surface area contributed by atoms with Crippen LogP contribution in [-0.2, 0) is 0 Å². The molecule has 27 heavy (non-hydrogen) atoms. The van der Waals surface area contributed by atoms with Crippen molar-refractivity contribution in [3.63, 3.8) is 0 Å². The summed E-state index contributed by atoms with van der Waals surface area (Å²) < 4.78 is 12.2. The summed E-state index contributed by atoms with van der Waals surface area (Å²) in [6.07, 6.45) is 5.08. The predicted octanol–water partition coefficient (Wildman–Crippen LogP) is 2.76. The van der Waals surface area contributed by atoms with Crippen LogP contribution in [0.4, 0.5) is 0 Å². The van der Waals surface area contributed by atoms with Crippen molar-refractivity contribution in [2.45, 2.75) is 6.42 Å². The minimum Gasteiger partial charge on any atom is -0.493 e. The van der Waals surface area contributed by atoms with Crippen LogP contribution in [-0.4, -0.2) is 36.7 Å². The Labute approximate surface area is 157 Å². The first-order chi connectivity index (χ1) is 13.2. The third-order valence-corrected chi connectivity index (χ3v) is 4.74. The molecule has 4 rings (SSSR count). The molecule has 6 nitrogen and oxygen atoms in total. The molecule has 0 radical (unpaired) electrons. The molecule has 0 spiro atoms. The number of rotatable bonds is 4. The van der Waals surface area contributed by atoms with Gasteiger partial charge >= 0.3 is 0 Å². The zero-order chi connectivity index (χ0) is 18.8. The summed E-state index contributed by atoms with van der Waals surface area (Å²) in [7, 11) is 3.17. The Kier molecular flexibility index (Phi) is 4.64. The van der Waals surface area contributed by atoms with Crippen LogP contribution in [0, 0.1) is 0 Å². The molecule has 0 bridgehead atoms. The summed E-state index contributed by atoms with van der Waals surface area (Å²) in [4.78, 5) is 17.4. The molecule has 1 aliphatic rings. The summed E-state index contributed by atoms with van der Waals surface area (Å²) in [5.41, 5.74) is 4.15. The molecule has 0 aliphatic carbocycles. The van der Waals surface area contributed by atoms with Gasteiger partial charge in [0, 0.05) is 24.4 Å². The lowest BCUT2D eigenvalue weighted by molar-refractivity contribution is 0.355. The van der Waals surface area contributed by atoms with Gasteiger partial charge in [-0.3, -0.25) is 9.20 Å². The van der Waals surface area contributed by atoms with Crippen LogP contribution in [0.25, 0.3) is 22.5 Å². The number of ether oxygens (including phenoxy) is 2. The number of fused-ring (bicyclic) bond motifs is 1. The van der Waals surface area contributed by atoms with Crippen molar-refractivity contribution in [2.24, 2.45) is 0 Å². The summed E-state index contributed by atoms with van der Waals surface area (Å²) in [6.45, 7) is 1.81. The lowest BCUT2D eigenvalue weighted by atomic mass is 10.0. The summed E-state index contributed by atoms with van der Waals surface area (Å²) in [5.74, 6) is 1.24. The zero-order valence-electron chi connectivity index (χ0n) is 15.4. The average molecular weight is 363 g/mol. The molecule has 2 aromatic heterocycles. The third kappa shape index (κ3) is 3.31. The van der Waals surface area contributed by atoms with Crippen molar-refractivity contribution in [3.05, 3.63) is 64.6 Å². The molecule has 0 amide bonds. The fourth-order valence-corrected chi connectivity index (χ4v) is 3.30. The summed E-state index contributed by atoms with van der Waals surface area (Å²) in [6, 6.07) is 10.9. The molecule has 1 aliphatic heterocycles. The van der Waals surface area contributed by atoms with Gasteiger partial charge in [-0.05, 0) is 54.4 Å². The number of hydrogen-bond donors (Lipinski definition) is 1. The van der Waals surface area contributed by atoms with E-state index in [1.165, 1.54) is 5.57 Å². The Morgan fingerprint density at radius 1 is 1.04 bits per heavy atom. The van der Waals surface area contributed by atoms with Crippen LogP contribution in [0.3, 0.4) is 0 Å². The SMILES string of the molecule is COc1ccc(-c2cc(=O)n3cc(C4=CCCNC4)ccc3n2)cc1OC. The topological polar surface area (TPSA) is 64.9 Å². The molecule has 0 fully saturated rings. The first-order valence-electron chi connectivity index (χ1n) is 8.85. The van der Waals surface area contributed by atoms with E-state index in [2.05, 4.69) is 16.4 Å². The number of nitrogens with zero attached hydrogens (tertiary/aromatic N) is 2. The van der Waals surface area contributed by atoms with E-state index in [-0.39, 0.29) is 5.56 Å². The van der Waals surface area contributed by atoms with Crippen molar-refractivity contribution in [3.8, 4) is 22.8 Å². The monoisotopic (exact) mass is 363 g/mol. The van der Waals surface area contributed by atoms with Gasteiger partial charge in [0.25, 0.3) is 5.56 Å². The molecular formula is C21H21N3O3. The number of pyridine rings is 1. The molecule has 0 atom stereocenters. The van der Waals surface area contributed by atoms with Crippen molar-refractivity contribution in [1.82, 2.24) is 14.7 Å². The van der Waals surface area contributed by atoms with Crippen molar-refractivity contribution in [2.75, 3.05) is 27.3 Å². The van der Waals surface area contributed by atoms with Gasteiger partial charge in [-0.1, -0.05) is 6.08 Å². The van der Waals surface area contributed by atoms with Gasteiger partial charge < -0.3 is 14.8 Å². The van der Waals surface area contributed by atoms with E-state index in [1.54, 1.807) is 24.7 Å². The quantitative estimate of drug-likeness (QED) is 0.772. The van der Waals surface area contributed by atoms with Crippen LogP contribution in [0.5, 0.6) is 11.5 Å². The highest BCUT2D eigenvalue weighted by Crippen LogP contribution is 2.31. The Morgan fingerprint density at radius 2 is 1.85 bits per heavy atom. The van der Waals surface area contributed by atoms with Gasteiger partial charge in [0.2, 0.25) is 0 Å². The largest absolute Gasteiger partial charge is 0.493 e. The van der Waals surface area contributed by atoms with Gasteiger partial charge in [-0.2, -0.15) is 0 Å². The standard InChI is InChI=1S/C21H21N3O3/c1-26-18-7-5-14(10-19(18)27-2)17-11-21(25)24-13-16(6-8-20(24)23-17)15-4-3-9-22-12-15/h4-8,10-11,13,22H,3,9,12H2,1-2H3. The highest BCUT2D eigenvalue weighted by Gasteiger charge is 2.11. The number of methoxy groups -OCH3 is 2. The van der Waals surface area contributed by atoms with Crippen molar-refractivity contribution < 1.29 is 9.47 Å². The first kappa shape index (κ1) is 17.3. The van der Waals surface area contributed by atoms with Crippen molar-refractivity contribution >= 4 is 11.2 Å². The second-order valence-corrected chi connectivity index (χ2v) is 6.39. The number of hydrogen-bond acceptors (Lipinski definition) is 5. The fourth-order valence-electron chi connectivity index (χ4n) is 3.30. The van der Waals surface area contributed by atoms with E-state index < -0.39 is 0 Å². The van der Waals surface area contributed by atoms with E-state index >= 15 is 0 Å². The molecule has 1 aromatic carbocycles. The van der Waals surface area contributed by atoms with Gasteiger partial charge in [0.05, 0.1) is 19.9 Å². The second-order valence-electron chi connectivity index (χ2n) is 6.39. The smallest absolute Gasteiger partial charge is 0.258 e. The van der Waals surface area contributed by atoms with E-state index in [1.807, 2.05) is 36.5 Å². The van der Waals surface area contributed by atoms with E-state index in [4.69, 9.17) is 9.47 Å². The Hall–Kier alpha value is -3.12. The third-order valence-electron chi connectivity index (χ3n) is 4.74. The average Bonchev–Trinajstić information content (AvgIpc) is 2.73. The van der Waals surface area contributed by atoms with Crippen molar-refractivity contribution in [1.29, 1.82) is 0 Å². The van der Waals surface area contributed by atoms with Gasteiger partial charge in [-0.25, -0.2) is 4.98 Å². The molecule has 3 heterocycles. The van der Waals surface area contributed by atoms with Gasteiger partial charge in [-0.15, -0.1) is 0 Å². The Balaban J connectivity index is 1.78. The minimum absolute atomic E-state index is 0.115. The fraction of sp³-hybridized carbons (Fsp3) is 0.238. The molecule has 1 N–H and O–H groups in total. The van der Waals surface area contributed by atoms with Crippen LogP contribution < -0.4 is 20.3 Å². The zero-order valence-corrected chi connectivity index (χ0v) is 15.4. The maximum absolute atomic E-state index is 12.7. The van der Waals surface area contributed by atoms with Crippen LogP contribution in [0.15, 0.2) is 53.5 Å². The maximum Gasteiger partial charge on any atom is 0.258 e. The van der Waals surface area contributed by atoms with Crippen LogP contribution in [0.2, 0.25) is 0 Å². The summed E-state index contributed by atoms with van der Waals surface area (Å²) >= 11 is 0.